The molecule has 2 heterocycles. The first-order chi connectivity index (χ1) is 9.54. The highest BCUT2D eigenvalue weighted by atomic mass is 35.5. The van der Waals surface area contributed by atoms with Gasteiger partial charge in [0.15, 0.2) is 11.3 Å². The zero-order chi connectivity index (χ0) is 14.3. The monoisotopic (exact) mass is 287 g/mol. The minimum absolute atomic E-state index is 0.0677. The van der Waals surface area contributed by atoms with E-state index in [9.17, 15) is 9.90 Å². The smallest absolute Gasteiger partial charge is 0.354 e. The standard InChI is InChI=1S/C14H10ClN3O2/c1-8-5-13-16-11(9-3-2-4-10(15)6-9)7-12(14(19)20)18(13)17-8/h2-7H,1H3,(H,19,20). The van der Waals surface area contributed by atoms with Gasteiger partial charge in [0.1, 0.15) is 0 Å². The number of hydrogen-bond donors (Lipinski definition) is 1. The van der Waals surface area contributed by atoms with E-state index in [1.54, 1.807) is 31.2 Å². The summed E-state index contributed by atoms with van der Waals surface area (Å²) in [4.78, 5) is 15.8. The fourth-order valence-corrected chi connectivity index (χ4v) is 2.23. The van der Waals surface area contributed by atoms with E-state index in [-0.39, 0.29) is 5.69 Å². The summed E-state index contributed by atoms with van der Waals surface area (Å²) < 4.78 is 1.33. The van der Waals surface area contributed by atoms with Gasteiger partial charge in [-0.1, -0.05) is 23.7 Å². The molecule has 5 nitrogen and oxygen atoms in total. The largest absolute Gasteiger partial charge is 0.477 e. The van der Waals surface area contributed by atoms with Gasteiger partial charge in [-0.3, -0.25) is 0 Å². The van der Waals surface area contributed by atoms with Crippen molar-refractivity contribution in [3.05, 3.63) is 52.8 Å². The van der Waals surface area contributed by atoms with Gasteiger partial charge >= 0.3 is 5.97 Å². The SMILES string of the molecule is Cc1cc2nc(-c3cccc(Cl)c3)cc(C(=O)O)n2n1. The lowest BCUT2D eigenvalue weighted by Crippen LogP contribution is -2.08. The van der Waals surface area contributed by atoms with E-state index >= 15 is 0 Å². The Kier molecular flexibility index (Phi) is 2.91. The van der Waals surface area contributed by atoms with E-state index in [1.807, 2.05) is 6.07 Å². The van der Waals surface area contributed by atoms with Gasteiger partial charge in [0.05, 0.1) is 11.4 Å². The van der Waals surface area contributed by atoms with Crippen molar-refractivity contribution < 1.29 is 9.90 Å². The molecule has 0 amide bonds. The molecule has 0 unspecified atom stereocenters. The van der Waals surface area contributed by atoms with Crippen molar-refractivity contribution in [1.29, 1.82) is 0 Å². The summed E-state index contributed by atoms with van der Waals surface area (Å²) >= 11 is 5.96. The number of aromatic nitrogens is 3. The first-order valence-electron chi connectivity index (χ1n) is 5.91. The minimum Gasteiger partial charge on any atom is -0.477 e. The van der Waals surface area contributed by atoms with Crippen molar-refractivity contribution in [2.75, 3.05) is 0 Å². The van der Waals surface area contributed by atoms with Crippen molar-refractivity contribution >= 4 is 23.2 Å². The molecule has 2 aromatic heterocycles. The van der Waals surface area contributed by atoms with Crippen molar-refractivity contribution in [1.82, 2.24) is 14.6 Å². The van der Waals surface area contributed by atoms with Gasteiger partial charge in [0, 0.05) is 16.7 Å². The number of fused-ring (bicyclic) bond motifs is 1. The van der Waals surface area contributed by atoms with Gasteiger partial charge in [-0.15, -0.1) is 0 Å². The first-order valence-corrected chi connectivity index (χ1v) is 6.29. The van der Waals surface area contributed by atoms with Gasteiger partial charge in [0.25, 0.3) is 0 Å². The molecule has 1 aromatic carbocycles. The first kappa shape index (κ1) is 12.6. The number of aryl methyl sites for hydroxylation is 1. The van der Waals surface area contributed by atoms with Gasteiger partial charge in [-0.25, -0.2) is 14.3 Å². The molecule has 0 spiro atoms. The number of nitrogens with zero attached hydrogens (tertiary/aromatic N) is 3. The van der Waals surface area contributed by atoms with Gasteiger partial charge in [-0.2, -0.15) is 5.10 Å². The lowest BCUT2D eigenvalue weighted by atomic mass is 10.1. The van der Waals surface area contributed by atoms with Crippen LogP contribution in [0.15, 0.2) is 36.4 Å². The average molecular weight is 288 g/mol. The molecule has 0 radical (unpaired) electrons. The molecule has 6 heteroatoms. The average Bonchev–Trinajstić information content (AvgIpc) is 2.77. The van der Waals surface area contributed by atoms with E-state index in [0.29, 0.717) is 22.1 Å². The molecular weight excluding hydrogens is 278 g/mol. The normalized spacial score (nSPS) is 10.9. The van der Waals surface area contributed by atoms with E-state index in [1.165, 1.54) is 10.6 Å². The molecule has 100 valence electrons. The predicted octanol–water partition coefficient (Wildman–Crippen LogP) is 3.06. The molecule has 0 saturated carbocycles. The zero-order valence-electron chi connectivity index (χ0n) is 10.5. The highest BCUT2D eigenvalue weighted by Crippen LogP contribution is 2.23. The van der Waals surface area contributed by atoms with Crippen LogP contribution in [-0.2, 0) is 0 Å². The molecule has 0 aliphatic rings. The van der Waals surface area contributed by atoms with Crippen LogP contribution in [0.25, 0.3) is 16.9 Å². The second-order valence-corrected chi connectivity index (χ2v) is 4.83. The topological polar surface area (TPSA) is 67.5 Å². The van der Waals surface area contributed by atoms with Crippen LogP contribution in [0.2, 0.25) is 5.02 Å². The van der Waals surface area contributed by atoms with Crippen molar-refractivity contribution in [3.8, 4) is 11.3 Å². The van der Waals surface area contributed by atoms with Gasteiger partial charge in [0.2, 0.25) is 0 Å². The maximum Gasteiger partial charge on any atom is 0.354 e. The maximum atomic E-state index is 11.4. The highest BCUT2D eigenvalue weighted by Gasteiger charge is 2.14. The Labute approximate surface area is 119 Å². The molecule has 0 saturated heterocycles. The Morgan fingerprint density at radius 1 is 1.30 bits per heavy atom. The summed E-state index contributed by atoms with van der Waals surface area (Å²) in [5.41, 5.74) is 2.59. The molecule has 3 aromatic rings. The molecule has 3 rings (SSSR count). The molecule has 20 heavy (non-hydrogen) atoms. The van der Waals surface area contributed by atoms with Gasteiger partial charge < -0.3 is 5.11 Å². The Hall–Kier alpha value is -2.40. The number of carboxylic acid groups (broad SMARTS) is 1. The third-order valence-corrected chi connectivity index (χ3v) is 3.12. The Bertz CT molecular complexity index is 826. The van der Waals surface area contributed by atoms with E-state index in [0.717, 1.165) is 5.56 Å². The number of hydrogen-bond acceptors (Lipinski definition) is 3. The van der Waals surface area contributed by atoms with Crippen LogP contribution in [0.5, 0.6) is 0 Å². The summed E-state index contributed by atoms with van der Waals surface area (Å²) in [6, 6.07) is 10.4. The van der Waals surface area contributed by atoms with E-state index in [4.69, 9.17) is 11.6 Å². The zero-order valence-corrected chi connectivity index (χ0v) is 11.3. The van der Waals surface area contributed by atoms with E-state index in [2.05, 4.69) is 10.1 Å². The fraction of sp³-hybridized carbons (Fsp3) is 0.0714. The molecule has 1 N–H and O–H groups in total. The molecule has 0 atom stereocenters. The highest BCUT2D eigenvalue weighted by molar-refractivity contribution is 6.30. The maximum absolute atomic E-state index is 11.4. The van der Waals surface area contributed by atoms with E-state index < -0.39 is 5.97 Å². The number of rotatable bonds is 2. The van der Waals surface area contributed by atoms with Crippen molar-refractivity contribution in [2.24, 2.45) is 0 Å². The van der Waals surface area contributed by atoms with Crippen LogP contribution < -0.4 is 0 Å². The van der Waals surface area contributed by atoms with Crippen LogP contribution >= 0.6 is 11.6 Å². The lowest BCUT2D eigenvalue weighted by molar-refractivity contribution is 0.0687. The third kappa shape index (κ3) is 2.12. The molecule has 0 fully saturated rings. The number of aromatic carboxylic acids is 1. The Morgan fingerprint density at radius 2 is 2.10 bits per heavy atom. The molecule has 0 aliphatic carbocycles. The third-order valence-electron chi connectivity index (χ3n) is 2.89. The summed E-state index contributed by atoms with van der Waals surface area (Å²) in [5.74, 6) is -1.05. The van der Waals surface area contributed by atoms with Crippen molar-refractivity contribution in [3.63, 3.8) is 0 Å². The van der Waals surface area contributed by atoms with Crippen LogP contribution in [0.1, 0.15) is 16.2 Å². The predicted molar refractivity (Wildman–Crippen MR) is 75.1 cm³/mol. The van der Waals surface area contributed by atoms with Gasteiger partial charge in [-0.05, 0) is 25.1 Å². The molecular formula is C14H10ClN3O2. The Balaban J connectivity index is 2.29. The summed E-state index contributed by atoms with van der Waals surface area (Å²) in [7, 11) is 0. The fourth-order valence-electron chi connectivity index (χ4n) is 2.04. The van der Waals surface area contributed by atoms with Crippen LogP contribution in [0.3, 0.4) is 0 Å². The second-order valence-electron chi connectivity index (χ2n) is 4.40. The summed E-state index contributed by atoms with van der Waals surface area (Å²) in [5, 5.41) is 14.0. The van der Waals surface area contributed by atoms with Crippen molar-refractivity contribution in [2.45, 2.75) is 6.92 Å². The molecule has 0 aliphatic heterocycles. The Morgan fingerprint density at radius 3 is 2.80 bits per heavy atom. The quantitative estimate of drug-likeness (QED) is 0.786. The number of halogens is 1. The number of benzene rings is 1. The second kappa shape index (κ2) is 4.61. The minimum atomic E-state index is -1.05. The van der Waals surface area contributed by atoms with Crippen LogP contribution in [0, 0.1) is 6.92 Å². The lowest BCUT2D eigenvalue weighted by Gasteiger charge is -2.05. The number of carbonyl (C=O) groups is 1. The summed E-state index contributed by atoms with van der Waals surface area (Å²) in [6.07, 6.45) is 0. The summed E-state index contributed by atoms with van der Waals surface area (Å²) in [6.45, 7) is 1.79. The van der Waals surface area contributed by atoms with Crippen LogP contribution in [0.4, 0.5) is 0 Å². The van der Waals surface area contributed by atoms with Crippen LogP contribution in [-0.4, -0.2) is 25.7 Å². The molecule has 0 bridgehead atoms. The number of carboxylic acids is 1.